The Bertz CT molecular complexity index is 509. The number of pyridine rings is 1. The Hall–Kier alpha value is -1.79. The lowest BCUT2D eigenvalue weighted by Gasteiger charge is -2.21. The van der Waals surface area contributed by atoms with Crippen molar-refractivity contribution in [3.05, 3.63) is 30.4 Å². The summed E-state index contributed by atoms with van der Waals surface area (Å²) in [4.78, 5) is 8.31. The van der Waals surface area contributed by atoms with Crippen LogP contribution in [0, 0.1) is 0 Å². The van der Waals surface area contributed by atoms with E-state index in [1.165, 1.54) is 0 Å². The van der Waals surface area contributed by atoms with Crippen LogP contribution in [0.25, 0.3) is 11.5 Å². The smallest absolute Gasteiger partial charge is 0.259 e. The van der Waals surface area contributed by atoms with Gasteiger partial charge < -0.3 is 14.0 Å². The van der Waals surface area contributed by atoms with E-state index < -0.39 is 0 Å². The topological polar surface area (TPSA) is 70.3 Å². The van der Waals surface area contributed by atoms with Gasteiger partial charge in [0.25, 0.3) is 5.89 Å². The molecule has 0 amide bonds. The third-order valence-corrected chi connectivity index (χ3v) is 2.99. The fourth-order valence-corrected chi connectivity index (χ4v) is 1.95. The Morgan fingerprint density at radius 1 is 1.32 bits per heavy atom. The Morgan fingerprint density at radius 3 is 3.00 bits per heavy atom. The molecule has 0 radical (unpaired) electrons. The normalized spacial score (nSPS) is 16.6. The van der Waals surface area contributed by atoms with Gasteiger partial charge in [0.2, 0.25) is 0 Å². The highest BCUT2D eigenvalue weighted by atomic mass is 16.5. The molecular formula is C13H15N3O3. The van der Waals surface area contributed by atoms with E-state index in [-0.39, 0.29) is 6.10 Å². The second kappa shape index (κ2) is 5.90. The average Bonchev–Trinajstić information content (AvgIpc) is 2.96. The van der Waals surface area contributed by atoms with E-state index in [0.29, 0.717) is 18.3 Å². The van der Waals surface area contributed by atoms with Crippen LogP contribution in [0.3, 0.4) is 0 Å². The first-order valence-corrected chi connectivity index (χ1v) is 6.34. The predicted octanol–water partition coefficient (Wildman–Crippen LogP) is 1.83. The molecule has 100 valence electrons. The minimum absolute atomic E-state index is 0.231. The van der Waals surface area contributed by atoms with Crippen molar-refractivity contribution in [1.29, 1.82) is 0 Å². The molecule has 3 rings (SSSR count). The first kappa shape index (κ1) is 12.3. The number of ether oxygens (including phenoxy) is 2. The summed E-state index contributed by atoms with van der Waals surface area (Å²) in [6.45, 7) is 1.89. The van der Waals surface area contributed by atoms with Crippen molar-refractivity contribution in [3.63, 3.8) is 0 Å². The monoisotopic (exact) mass is 261 g/mol. The van der Waals surface area contributed by atoms with Crippen LogP contribution in [0.5, 0.6) is 0 Å². The summed E-state index contributed by atoms with van der Waals surface area (Å²) in [5, 5.41) is 3.91. The molecule has 1 saturated heterocycles. The van der Waals surface area contributed by atoms with Gasteiger partial charge in [-0.25, -0.2) is 0 Å². The van der Waals surface area contributed by atoms with Crippen molar-refractivity contribution in [2.75, 3.05) is 13.2 Å². The summed E-state index contributed by atoms with van der Waals surface area (Å²) in [5.41, 5.74) is 0.812. The van der Waals surface area contributed by atoms with Gasteiger partial charge in [0.15, 0.2) is 5.82 Å². The molecular weight excluding hydrogens is 246 g/mol. The fraction of sp³-hybridized carbons (Fsp3) is 0.462. The van der Waals surface area contributed by atoms with Crippen molar-refractivity contribution >= 4 is 0 Å². The molecule has 2 aromatic heterocycles. The molecule has 1 aliphatic rings. The van der Waals surface area contributed by atoms with E-state index in [0.717, 1.165) is 31.6 Å². The highest BCUT2D eigenvalue weighted by molar-refractivity contribution is 5.50. The summed E-state index contributed by atoms with van der Waals surface area (Å²) in [6.07, 6.45) is 5.47. The largest absolute Gasteiger partial charge is 0.381 e. The van der Waals surface area contributed by atoms with Crippen LogP contribution in [0.4, 0.5) is 0 Å². The lowest BCUT2D eigenvalue weighted by Crippen LogP contribution is -2.23. The summed E-state index contributed by atoms with van der Waals surface area (Å²) in [6, 6.07) is 3.71. The maximum absolute atomic E-state index is 5.74. The molecule has 6 nitrogen and oxygen atoms in total. The van der Waals surface area contributed by atoms with Crippen molar-refractivity contribution in [1.82, 2.24) is 15.1 Å². The van der Waals surface area contributed by atoms with Crippen LogP contribution in [-0.2, 0) is 16.1 Å². The minimum Gasteiger partial charge on any atom is -0.381 e. The van der Waals surface area contributed by atoms with Crippen molar-refractivity contribution in [3.8, 4) is 11.5 Å². The van der Waals surface area contributed by atoms with E-state index in [2.05, 4.69) is 15.1 Å². The Morgan fingerprint density at radius 2 is 2.21 bits per heavy atom. The highest BCUT2D eigenvalue weighted by Gasteiger charge is 2.16. The second-order valence-electron chi connectivity index (χ2n) is 4.38. The molecule has 0 spiro atoms. The van der Waals surface area contributed by atoms with Crippen molar-refractivity contribution in [2.24, 2.45) is 0 Å². The lowest BCUT2D eigenvalue weighted by molar-refractivity contribution is -0.0412. The molecule has 0 N–H and O–H groups in total. The fourth-order valence-electron chi connectivity index (χ4n) is 1.95. The van der Waals surface area contributed by atoms with E-state index in [4.69, 9.17) is 14.0 Å². The highest BCUT2D eigenvalue weighted by Crippen LogP contribution is 2.16. The number of nitrogens with zero attached hydrogens (tertiary/aromatic N) is 3. The first-order valence-electron chi connectivity index (χ1n) is 6.34. The van der Waals surface area contributed by atoms with Gasteiger partial charge in [-0.15, -0.1) is 0 Å². The van der Waals surface area contributed by atoms with Gasteiger partial charge in [0.1, 0.15) is 6.61 Å². The van der Waals surface area contributed by atoms with Gasteiger partial charge in [0.05, 0.1) is 11.7 Å². The maximum Gasteiger partial charge on any atom is 0.259 e. The van der Waals surface area contributed by atoms with E-state index >= 15 is 0 Å². The van der Waals surface area contributed by atoms with Crippen LogP contribution in [0.2, 0.25) is 0 Å². The van der Waals surface area contributed by atoms with Gasteiger partial charge in [-0.3, -0.25) is 4.98 Å². The number of aromatic nitrogens is 3. The summed E-state index contributed by atoms with van der Waals surface area (Å²) >= 11 is 0. The zero-order chi connectivity index (χ0) is 12.9. The summed E-state index contributed by atoms with van der Waals surface area (Å²) in [5.74, 6) is 1.03. The lowest BCUT2D eigenvalue weighted by atomic mass is 10.2. The quantitative estimate of drug-likeness (QED) is 0.836. The number of rotatable bonds is 4. The standard InChI is InChI=1S/C13H15N3O3/c1-2-10(8-14-5-1)13-15-12(16-19-13)9-18-11-3-6-17-7-4-11/h1-2,5,8,11H,3-4,6-7,9H2. The summed E-state index contributed by atoms with van der Waals surface area (Å²) < 4.78 is 16.2. The van der Waals surface area contributed by atoms with Crippen LogP contribution in [-0.4, -0.2) is 34.4 Å². The first-order chi connectivity index (χ1) is 9.42. The van der Waals surface area contributed by atoms with E-state index in [1.807, 2.05) is 12.1 Å². The van der Waals surface area contributed by atoms with Gasteiger partial charge in [-0.2, -0.15) is 4.98 Å². The maximum atomic E-state index is 5.74. The zero-order valence-corrected chi connectivity index (χ0v) is 10.5. The van der Waals surface area contributed by atoms with Gasteiger partial charge in [0, 0.05) is 25.6 Å². The number of hydrogen-bond donors (Lipinski definition) is 0. The molecule has 1 aliphatic heterocycles. The van der Waals surface area contributed by atoms with Crippen LogP contribution >= 0.6 is 0 Å². The predicted molar refractivity (Wildman–Crippen MR) is 66.2 cm³/mol. The van der Waals surface area contributed by atoms with E-state index in [1.54, 1.807) is 12.4 Å². The molecule has 0 bridgehead atoms. The summed E-state index contributed by atoms with van der Waals surface area (Å²) in [7, 11) is 0. The molecule has 0 unspecified atom stereocenters. The average molecular weight is 261 g/mol. The molecule has 0 saturated carbocycles. The molecule has 19 heavy (non-hydrogen) atoms. The van der Waals surface area contributed by atoms with Gasteiger partial charge in [-0.05, 0) is 25.0 Å². The molecule has 6 heteroatoms. The molecule has 0 aromatic carbocycles. The molecule has 1 fully saturated rings. The number of hydrogen-bond acceptors (Lipinski definition) is 6. The minimum atomic E-state index is 0.231. The van der Waals surface area contributed by atoms with Crippen molar-refractivity contribution < 1.29 is 14.0 Å². The molecule has 0 aliphatic carbocycles. The third-order valence-electron chi connectivity index (χ3n) is 2.99. The van der Waals surface area contributed by atoms with Crippen LogP contribution in [0.15, 0.2) is 29.0 Å². The SMILES string of the molecule is c1cncc(-c2nc(COC3CCOCC3)no2)c1. The van der Waals surface area contributed by atoms with Crippen molar-refractivity contribution in [2.45, 2.75) is 25.6 Å². The molecule has 0 atom stereocenters. The second-order valence-corrected chi connectivity index (χ2v) is 4.38. The van der Waals surface area contributed by atoms with E-state index in [9.17, 15) is 0 Å². The Balaban J connectivity index is 1.59. The Labute approximate surface area is 110 Å². The zero-order valence-electron chi connectivity index (χ0n) is 10.5. The molecule has 3 heterocycles. The Kier molecular flexibility index (Phi) is 3.81. The van der Waals surface area contributed by atoms with Crippen LogP contribution in [0.1, 0.15) is 18.7 Å². The third kappa shape index (κ3) is 3.15. The van der Waals surface area contributed by atoms with Crippen LogP contribution < -0.4 is 0 Å². The molecule has 2 aromatic rings. The van der Waals surface area contributed by atoms with Gasteiger partial charge >= 0.3 is 0 Å². The van der Waals surface area contributed by atoms with Gasteiger partial charge in [-0.1, -0.05) is 5.16 Å².